The minimum atomic E-state index is 0.291. The first kappa shape index (κ1) is 14.2. The SMILES string of the molecule is Clc1ccc(C(Nc2cc(Br)ccc2Cl)C2CC2)cc1. The molecule has 1 aliphatic carbocycles. The summed E-state index contributed by atoms with van der Waals surface area (Å²) in [7, 11) is 0. The van der Waals surface area contributed by atoms with E-state index in [1.807, 2.05) is 30.3 Å². The molecule has 2 aromatic carbocycles. The van der Waals surface area contributed by atoms with Gasteiger partial charge in [0.05, 0.1) is 16.8 Å². The summed E-state index contributed by atoms with van der Waals surface area (Å²) in [6.07, 6.45) is 2.51. The van der Waals surface area contributed by atoms with Gasteiger partial charge in [-0.2, -0.15) is 0 Å². The molecule has 0 saturated heterocycles. The molecule has 1 aliphatic rings. The molecule has 2 aromatic rings. The van der Waals surface area contributed by atoms with E-state index in [4.69, 9.17) is 23.2 Å². The van der Waals surface area contributed by atoms with Gasteiger partial charge in [-0.1, -0.05) is 51.3 Å². The molecule has 1 fully saturated rings. The number of rotatable bonds is 4. The van der Waals surface area contributed by atoms with Crippen LogP contribution in [0.15, 0.2) is 46.9 Å². The van der Waals surface area contributed by atoms with Crippen LogP contribution >= 0.6 is 39.1 Å². The third kappa shape index (κ3) is 3.30. The lowest BCUT2D eigenvalue weighted by Gasteiger charge is -2.21. The first-order valence-electron chi connectivity index (χ1n) is 6.60. The van der Waals surface area contributed by atoms with Crippen molar-refractivity contribution in [1.29, 1.82) is 0 Å². The molecule has 104 valence electrons. The van der Waals surface area contributed by atoms with Crippen LogP contribution in [0.3, 0.4) is 0 Å². The predicted octanol–water partition coefficient (Wildman–Crippen LogP) is 6.32. The lowest BCUT2D eigenvalue weighted by molar-refractivity contribution is 0.679. The van der Waals surface area contributed by atoms with Gasteiger partial charge in [-0.25, -0.2) is 0 Å². The summed E-state index contributed by atoms with van der Waals surface area (Å²) < 4.78 is 1.02. The van der Waals surface area contributed by atoms with Gasteiger partial charge in [-0.3, -0.25) is 0 Å². The second-order valence-electron chi connectivity index (χ2n) is 5.14. The molecule has 1 N–H and O–H groups in total. The van der Waals surface area contributed by atoms with Crippen LogP contribution in [0.2, 0.25) is 10.0 Å². The van der Waals surface area contributed by atoms with Crippen molar-refractivity contribution < 1.29 is 0 Å². The summed E-state index contributed by atoms with van der Waals surface area (Å²) in [4.78, 5) is 0. The van der Waals surface area contributed by atoms with Crippen LogP contribution in [0.1, 0.15) is 24.4 Å². The van der Waals surface area contributed by atoms with Gasteiger partial charge in [0.1, 0.15) is 0 Å². The fraction of sp³-hybridized carbons (Fsp3) is 0.250. The van der Waals surface area contributed by atoms with Gasteiger partial charge in [-0.15, -0.1) is 0 Å². The molecular weight excluding hydrogens is 357 g/mol. The fourth-order valence-corrected chi connectivity index (χ4v) is 3.01. The Labute approximate surface area is 137 Å². The van der Waals surface area contributed by atoms with Crippen molar-refractivity contribution in [2.45, 2.75) is 18.9 Å². The van der Waals surface area contributed by atoms with Gasteiger partial charge in [0.15, 0.2) is 0 Å². The monoisotopic (exact) mass is 369 g/mol. The van der Waals surface area contributed by atoms with Crippen molar-refractivity contribution in [2.75, 3.05) is 5.32 Å². The summed E-state index contributed by atoms with van der Waals surface area (Å²) in [6, 6.07) is 14.2. The van der Waals surface area contributed by atoms with Crippen molar-refractivity contribution >= 4 is 44.8 Å². The molecule has 20 heavy (non-hydrogen) atoms. The second-order valence-corrected chi connectivity index (χ2v) is 6.89. The minimum absolute atomic E-state index is 0.291. The fourth-order valence-electron chi connectivity index (χ4n) is 2.35. The summed E-state index contributed by atoms with van der Waals surface area (Å²) in [5.41, 5.74) is 2.22. The van der Waals surface area contributed by atoms with Crippen molar-refractivity contribution in [1.82, 2.24) is 0 Å². The molecular formula is C16H14BrCl2N. The molecule has 0 aromatic heterocycles. The lowest BCUT2D eigenvalue weighted by atomic mass is 10.0. The van der Waals surface area contributed by atoms with Crippen LogP contribution in [-0.4, -0.2) is 0 Å². The molecule has 1 nitrogen and oxygen atoms in total. The molecule has 0 heterocycles. The average Bonchev–Trinajstić information content (AvgIpc) is 3.25. The highest BCUT2D eigenvalue weighted by molar-refractivity contribution is 9.10. The number of hydrogen-bond acceptors (Lipinski definition) is 1. The number of benzene rings is 2. The van der Waals surface area contributed by atoms with E-state index in [9.17, 15) is 0 Å². The summed E-state index contributed by atoms with van der Waals surface area (Å²) >= 11 is 15.7. The maximum absolute atomic E-state index is 6.27. The summed E-state index contributed by atoms with van der Waals surface area (Å²) in [6.45, 7) is 0. The molecule has 1 unspecified atom stereocenters. The smallest absolute Gasteiger partial charge is 0.0638 e. The Balaban J connectivity index is 1.88. The lowest BCUT2D eigenvalue weighted by Crippen LogP contribution is -2.13. The Morgan fingerprint density at radius 3 is 2.40 bits per heavy atom. The van der Waals surface area contributed by atoms with Gasteiger partial charge in [-0.05, 0) is 54.7 Å². The molecule has 1 saturated carbocycles. The first-order chi connectivity index (χ1) is 9.63. The normalized spacial score (nSPS) is 15.9. The van der Waals surface area contributed by atoms with E-state index in [2.05, 4.69) is 33.4 Å². The standard InChI is InChI=1S/C16H14BrCl2N/c17-12-5-8-14(19)15(9-12)20-16(10-1-2-10)11-3-6-13(18)7-4-11/h3-10,16,20H,1-2H2. The molecule has 3 rings (SSSR count). The van der Waals surface area contributed by atoms with Crippen LogP contribution in [0, 0.1) is 5.92 Å². The van der Waals surface area contributed by atoms with Gasteiger partial charge < -0.3 is 5.32 Å². The van der Waals surface area contributed by atoms with E-state index in [-0.39, 0.29) is 0 Å². The van der Waals surface area contributed by atoms with Crippen LogP contribution in [0.5, 0.6) is 0 Å². The topological polar surface area (TPSA) is 12.0 Å². The molecule has 0 amide bonds. The van der Waals surface area contributed by atoms with E-state index in [0.717, 1.165) is 20.2 Å². The largest absolute Gasteiger partial charge is 0.377 e. The summed E-state index contributed by atoms with van der Waals surface area (Å²) in [5.74, 6) is 0.672. The van der Waals surface area contributed by atoms with Gasteiger partial charge in [0, 0.05) is 9.50 Å². The highest BCUT2D eigenvalue weighted by atomic mass is 79.9. The van der Waals surface area contributed by atoms with Crippen molar-refractivity contribution in [3.05, 3.63) is 62.5 Å². The van der Waals surface area contributed by atoms with Gasteiger partial charge in [0.2, 0.25) is 0 Å². The van der Waals surface area contributed by atoms with E-state index >= 15 is 0 Å². The molecule has 1 atom stereocenters. The van der Waals surface area contributed by atoms with Crippen LogP contribution in [0.4, 0.5) is 5.69 Å². The Morgan fingerprint density at radius 2 is 1.75 bits per heavy atom. The molecule has 0 bridgehead atoms. The maximum Gasteiger partial charge on any atom is 0.0638 e. The number of halogens is 3. The molecule has 0 spiro atoms. The molecule has 0 radical (unpaired) electrons. The average molecular weight is 371 g/mol. The van der Waals surface area contributed by atoms with Gasteiger partial charge in [0.25, 0.3) is 0 Å². The van der Waals surface area contributed by atoms with Crippen LogP contribution in [0.25, 0.3) is 0 Å². The van der Waals surface area contributed by atoms with E-state index in [1.54, 1.807) is 0 Å². The van der Waals surface area contributed by atoms with E-state index < -0.39 is 0 Å². The quantitative estimate of drug-likeness (QED) is 0.663. The zero-order valence-electron chi connectivity index (χ0n) is 10.7. The van der Waals surface area contributed by atoms with Crippen molar-refractivity contribution in [3.63, 3.8) is 0 Å². The van der Waals surface area contributed by atoms with Crippen molar-refractivity contribution in [3.8, 4) is 0 Å². The van der Waals surface area contributed by atoms with Crippen LogP contribution < -0.4 is 5.32 Å². The zero-order valence-corrected chi connectivity index (χ0v) is 13.8. The van der Waals surface area contributed by atoms with E-state index in [1.165, 1.54) is 18.4 Å². The van der Waals surface area contributed by atoms with E-state index in [0.29, 0.717) is 12.0 Å². The van der Waals surface area contributed by atoms with Crippen LogP contribution in [-0.2, 0) is 0 Å². The highest BCUT2D eigenvalue weighted by Gasteiger charge is 2.32. The number of nitrogens with one attached hydrogen (secondary N) is 1. The Bertz CT molecular complexity index is 608. The summed E-state index contributed by atoms with van der Waals surface area (Å²) in [5, 5.41) is 5.09. The van der Waals surface area contributed by atoms with Gasteiger partial charge >= 0.3 is 0 Å². The first-order valence-corrected chi connectivity index (χ1v) is 8.15. The third-order valence-corrected chi connectivity index (χ3v) is 4.64. The number of hydrogen-bond donors (Lipinski definition) is 1. The third-order valence-electron chi connectivity index (χ3n) is 3.56. The van der Waals surface area contributed by atoms with Crippen molar-refractivity contribution in [2.24, 2.45) is 5.92 Å². The predicted molar refractivity (Wildman–Crippen MR) is 89.7 cm³/mol. The Kier molecular flexibility index (Phi) is 4.25. The zero-order chi connectivity index (χ0) is 14.1. The Hall–Kier alpha value is -0.700. The molecule has 4 heteroatoms. The minimum Gasteiger partial charge on any atom is -0.377 e. The second kappa shape index (κ2) is 5.97. The number of anilines is 1. The maximum atomic E-state index is 6.27. The highest BCUT2D eigenvalue weighted by Crippen LogP contribution is 2.44. The molecule has 0 aliphatic heterocycles. The Morgan fingerprint density at radius 1 is 1.05 bits per heavy atom.